The second kappa shape index (κ2) is 7.57. The number of rotatable bonds is 3. The molecule has 0 saturated carbocycles. The van der Waals surface area contributed by atoms with Crippen molar-refractivity contribution in [2.45, 2.75) is 6.42 Å². The lowest BCUT2D eigenvalue weighted by Gasteiger charge is -2.19. The average molecular weight is 376 g/mol. The molecular formula is C17H18BrN3O2. The Labute approximate surface area is 143 Å². The summed E-state index contributed by atoms with van der Waals surface area (Å²) in [6, 6.07) is 11.0. The van der Waals surface area contributed by atoms with Crippen LogP contribution >= 0.6 is 15.9 Å². The van der Waals surface area contributed by atoms with E-state index in [1.54, 1.807) is 18.3 Å². The maximum atomic E-state index is 12.5. The number of carbonyl (C=O) groups is 1. The largest absolute Gasteiger partial charge is 0.439 e. The third-order valence-corrected chi connectivity index (χ3v) is 4.12. The summed E-state index contributed by atoms with van der Waals surface area (Å²) in [6.07, 6.45) is 2.55. The maximum Gasteiger partial charge on any atom is 0.255 e. The smallest absolute Gasteiger partial charge is 0.255 e. The molecule has 5 nitrogen and oxygen atoms in total. The normalized spacial score (nSPS) is 15.1. The van der Waals surface area contributed by atoms with Crippen LogP contribution in [0.5, 0.6) is 11.6 Å². The third-order valence-electron chi connectivity index (χ3n) is 3.63. The molecular weight excluding hydrogens is 358 g/mol. The van der Waals surface area contributed by atoms with Crippen LogP contribution in [0.25, 0.3) is 0 Å². The molecule has 6 heteroatoms. The zero-order valence-corrected chi connectivity index (χ0v) is 14.3. The zero-order chi connectivity index (χ0) is 16.1. The summed E-state index contributed by atoms with van der Waals surface area (Å²) in [5.74, 6) is 1.19. The van der Waals surface area contributed by atoms with E-state index in [1.807, 2.05) is 29.2 Å². The van der Waals surface area contributed by atoms with Gasteiger partial charge in [-0.05, 0) is 37.2 Å². The fourth-order valence-electron chi connectivity index (χ4n) is 2.45. The van der Waals surface area contributed by atoms with Gasteiger partial charge in [0.2, 0.25) is 5.88 Å². The van der Waals surface area contributed by atoms with Crippen LogP contribution in [0.1, 0.15) is 16.8 Å². The molecule has 120 valence electrons. The quantitative estimate of drug-likeness (QED) is 0.895. The number of halogens is 1. The molecule has 0 unspecified atom stereocenters. The summed E-state index contributed by atoms with van der Waals surface area (Å²) in [7, 11) is 0. The summed E-state index contributed by atoms with van der Waals surface area (Å²) in [5.41, 5.74) is 0.591. The Morgan fingerprint density at radius 3 is 2.91 bits per heavy atom. The van der Waals surface area contributed by atoms with Crippen LogP contribution in [0.2, 0.25) is 0 Å². The van der Waals surface area contributed by atoms with E-state index in [4.69, 9.17) is 4.74 Å². The van der Waals surface area contributed by atoms with Crippen molar-refractivity contribution >= 4 is 21.8 Å². The van der Waals surface area contributed by atoms with Crippen LogP contribution in [-0.4, -0.2) is 42.0 Å². The standard InChI is InChI=1S/C17H18BrN3O2/c18-14-3-1-4-15(11-14)23-16-6-5-13(12-20-16)17(22)21-9-2-7-19-8-10-21/h1,3-6,11-12,19H,2,7-10H2. The van der Waals surface area contributed by atoms with Crippen molar-refractivity contribution < 1.29 is 9.53 Å². The van der Waals surface area contributed by atoms with Gasteiger partial charge < -0.3 is 15.0 Å². The van der Waals surface area contributed by atoms with Crippen molar-refractivity contribution in [3.8, 4) is 11.6 Å². The number of hydrogen-bond donors (Lipinski definition) is 1. The molecule has 1 aliphatic rings. The van der Waals surface area contributed by atoms with E-state index in [9.17, 15) is 4.79 Å². The summed E-state index contributed by atoms with van der Waals surface area (Å²) in [5, 5.41) is 3.29. The first-order chi connectivity index (χ1) is 11.2. The molecule has 1 fully saturated rings. The molecule has 1 aromatic carbocycles. The predicted octanol–water partition coefficient (Wildman–Crippen LogP) is 3.07. The van der Waals surface area contributed by atoms with Crippen molar-refractivity contribution in [2.24, 2.45) is 0 Å². The minimum atomic E-state index is 0.0233. The van der Waals surface area contributed by atoms with E-state index < -0.39 is 0 Å². The molecule has 3 rings (SSSR count). The fourth-order valence-corrected chi connectivity index (χ4v) is 2.83. The molecule has 0 bridgehead atoms. The lowest BCUT2D eigenvalue weighted by Crippen LogP contribution is -2.34. The Bertz CT molecular complexity index is 668. The van der Waals surface area contributed by atoms with Crippen molar-refractivity contribution in [1.29, 1.82) is 0 Å². The van der Waals surface area contributed by atoms with Crippen LogP contribution in [0.4, 0.5) is 0 Å². The summed E-state index contributed by atoms with van der Waals surface area (Å²) >= 11 is 3.40. The van der Waals surface area contributed by atoms with E-state index in [2.05, 4.69) is 26.2 Å². The Morgan fingerprint density at radius 1 is 1.22 bits per heavy atom. The summed E-state index contributed by atoms with van der Waals surface area (Å²) in [6.45, 7) is 3.31. The van der Waals surface area contributed by atoms with E-state index in [0.29, 0.717) is 17.2 Å². The number of ether oxygens (including phenoxy) is 1. The molecule has 1 saturated heterocycles. The van der Waals surface area contributed by atoms with Gasteiger partial charge in [0.25, 0.3) is 5.91 Å². The van der Waals surface area contributed by atoms with Crippen LogP contribution in [0.15, 0.2) is 47.1 Å². The highest BCUT2D eigenvalue weighted by molar-refractivity contribution is 9.10. The highest BCUT2D eigenvalue weighted by atomic mass is 79.9. The highest BCUT2D eigenvalue weighted by Gasteiger charge is 2.17. The van der Waals surface area contributed by atoms with Crippen molar-refractivity contribution in [3.63, 3.8) is 0 Å². The van der Waals surface area contributed by atoms with Crippen LogP contribution in [0.3, 0.4) is 0 Å². The lowest BCUT2D eigenvalue weighted by atomic mass is 10.2. The molecule has 0 atom stereocenters. The van der Waals surface area contributed by atoms with Gasteiger partial charge in [-0.25, -0.2) is 4.98 Å². The van der Waals surface area contributed by atoms with Crippen LogP contribution < -0.4 is 10.1 Å². The fraction of sp³-hybridized carbons (Fsp3) is 0.294. The van der Waals surface area contributed by atoms with Gasteiger partial charge in [-0.2, -0.15) is 0 Å². The first-order valence-electron chi connectivity index (χ1n) is 7.62. The first-order valence-corrected chi connectivity index (χ1v) is 8.41. The van der Waals surface area contributed by atoms with E-state index in [-0.39, 0.29) is 5.91 Å². The monoisotopic (exact) mass is 375 g/mol. The van der Waals surface area contributed by atoms with Crippen molar-refractivity contribution in [3.05, 3.63) is 52.6 Å². The van der Waals surface area contributed by atoms with Gasteiger partial charge in [0.1, 0.15) is 5.75 Å². The van der Waals surface area contributed by atoms with E-state index in [0.717, 1.165) is 37.1 Å². The SMILES string of the molecule is O=C(c1ccc(Oc2cccc(Br)c2)nc1)N1CCCNCC1. The van der Waals surface area contributed by atoms with Crippen molar-refractivity contribution in [1.82, 2.24) is 15.2 Å². The van der Waals surface area contributed by atoms with Gasteiger partial charge in [-0.1, -0.05) is 22.0 Å². The highest BCUT2D eigenvalue weighted by Crippen LogP contribution is 2.23. The second-order valence-electron chi connectivity index (χ2n) is 5.34. The summed E-state index contributed by atoms with van der Waals surface area (Å²) < 4.78 is 6.62. The van der Waals surface area contributed by atoms with Gasteiger partial charge in [0.05, 0.1) is 5.56 Å². The van der Waals surface area contributed by atoms with Gasteiger partial charge in [-0.15, -0.1) is 0 Å². The van der Waals surface area contributed by atoms with Crippen LogP contribution in [-0.2, 0) is 0 Å². The molecule has 1 aliphatic heterocycles. The zero-order valence-electron chi connectivity index (χ0n) is 12.7. The molecule has 1 N–H and O–H groups in total. The molecule has 0 spiro atoms. The molecule has 23 heavy (non-hydrogen) atoms. The minimum Gasteiger partial charge on any atom is -0.439 e. The van der Waals surface area contributed by atoms with Gasteiger partial charge in [0.15, 0.2) is 0 Å². The van der Waals surface area contributed by atoms with Gasteiger partial charge in [-0.3, -0.25) is 4.79 Å². The number of hydrogen-bond acceptors (Lipinski definition) is 4. The molecule has 1 amide bonds. The van der Waals surface area contributed by atoms with Gasteiger partial charge >= 0.3 is 0 Å². The number of nitrogens with one attached hydrogen (secondary N) is 1. The Hall–Kier alpha value is -1.92. The molecule has 0 aliphatic carbocycles. The Balaban J connectivity index is 1.67. The topological polar surface area (TPSA) is 54.5 Å². The van der Waals surface area contributed by atoms with Gasteiger partial charge in [0, 0.05) is 36.4 Å². The number of amides is 1. The first kappa shape index (κ1) is 16.0. The number of benzene rings is 1. The molecule has 2 aromatic rings. The minimum absolute atomic E-state index is 0.0233. The lowest BCUT2D eigenvalue weighted by molar-refractivity contribution is 0.0766. The van der Waals surface area contributed by atoms with Crippen LogP contribution in [0, 0.1) is 0 Å². The maximum absolute atomic E-state index is 12.5. The van der Waals surface area contributed by atoms with E-state index >= 15 is 0 Å². The third kappa shape index (κ3) is 4.30. The molecule has 2 heterocycles. The molecule has 1 aromatic heterocycles. The Kier molecular flexibility index (Phi) is 5.25. The van der Waals surface area contributed by atoms with Crippen molar-refractivity contribution in [2.75, 3.05) is 26.2 Å². The number of carbonyl (C=O) groups excluding carboxylic acids is 1. The average Bonchev–Trinajstić information content (AvgIpc) is 2.84. The molecule has 0 radical (unpaired) electrons. The Morgan fingerprint density at radius 2 is 2.13 bits per heavy atom. The number of nitrogens with zero attached hydrogens (tertiary/aromatic N) is 2. The second-order valence-corrected chi connectivity index (χ2v) is 6.26. The summed E-state index contributed by atoms with van der Waals surface area (Å²) in [4.78, 5) is 18.6. The number of aromatic nitrogens is 1. The number of pyridine rings is 1. The van der Waals surface area contributed by atoms with E-state index in [1.165, 1.54) is 0 Å². The predicted molar refractivity (Wildman–Crippen MR) is 91.8 cm³/mol.